The van der Waals surface area contributed by atoms with Crippen molar-refractivity contribution in [3.63, 3.8) is 0 Å². The molecule has 2 aromatic carbocycles. The molecule has 1 aliphatic rings. The molecule has 6 heteroatoms. The van der Waals surface area contributed by atoms with Crippen molar-refractivity contribution in [2.45, 2.75) is 12.3 Å². The average Bonchev–Trinajstić information content (AvgIpc) is 3.10. The van der Waals surface area contributed by atoms with Crippen molar-refractivity contribution in [2.75, 3.05) is 11.9 Å². The number of amides is 1. The lowest BCUT2D eigenvalue weighted by Crippen LogP contribution is -2.25. The van der Waals surface area contributed by atoms with Gasteiger partial charge in [0.15, 0.2) is 0 Å². The molecule has 2 heterocycles. The molecule has 1 aliphatic heterocycles. The number of hydrogen-bond donors (Lipinski definition) is 1. The number of carbonyl (C=O) groups excluding carboxylic acids is 1. The summed E-state index contributed by atoms with van der Waals surface area (Å²) in [6.07, 6.45) is 7.00. The van der Waals surface area contributed by atoms with Crippen LogP contribution in [0.5, 0.6) is 5.75 Å². The molecule has 1 N–H and O–H groups in total. The molecule has 1 atom stereocenters. The highest BCUT2D eigenvalue weighted by atomic mass is 19.1. The smallest absolute Gasteiger partial charge is 0.226 e. The van der Waals surface area contributed by atoms with Crippen LogP contribution in [0, 0.1) is 18.2 Å². The minimum absolute atomic E-state index is 0.141. The van der Waals surface area contributed by atoms with Gasteiger partial charge in [-0.2, -0.15) is 0 Å². The van der Waals surface area contributed by atoms with E-state index >= 15 is 0 Å². The van der Waals surface area contributed by atoms with Gasteiger partial charge in [-0.3, -0.25) is 9.36 Å². The van der Waals surface area contributed by atoms with E-state index in [1.165, 1.54) is 12.4 Å². The number of fused-ring (bicyclic) bond motifs is 1. The second-order valence-corrected chi connectivity index (χ2v) is 6.17. The van der Waals surface area contributed by atoms with Gasteiger partial charge in [0.05, 0.1) is 11.4 Å². The molecule has 0 unspecified atom stereocenters. The third kappa shape index (κ3) is 3.15. The molecule has 1 aromatic heterocycles. The number of hydrogen-bond acceptors (Lipinski definition) is 3. The van der Waals surface area contributed by atoms with Crippen LogP contribution >= 0.6 is 0 Å². The molecule has 1 amide bonds. The number of rotatable bonds is 4. The Labute approximate surface area is 155 Å². The van der Waals surface area contributed by atoms with Crippen molar-refractivity contribution in [3.8, 4) is 23.8 Å². The summed E-state index contributed by atoms with van der Waals surface area (Å²) >= 11 is 0. The van der Waals surface area contributed by atoms with Crippen LogP contribution in [0.25, 0.3) is 5.69 Å². The third-order valence-electron chi connectivity index (χ3n) is 4.49. The number of benzene rings is 2. The summed E-state index contributed by atoms with van der Waals surface area (Å²) in [7, 11) is 0. The van der Waals surface area contributed by atoms with Gasteiger partial charge < -0.3 is 10.1 Å². The lowest BCUT2D eigenvalue weighted by atomic mass is 9.90. The fourth-order valence-corrected chi connectivity index (χ4v) is 3.23. The fourth-order valence-electron chi connectivity index (χ4n) is 3.23. The number of aromatic nitrogens is 2. The van der Waals surface area contributed by atoms with Crippen molar-refractivity contribution in [2.24, 2.45) is 0 Å². The standard InChI is InChI=1S/C21H16FN3O2/c1-2-11-27-15-9-7-14(8-10-15)16-12-19(26)24-21-20(16)23-13-25(21)18-6-4-3-5-17(18)22/h1,3-10,13,16H,11-12H2,(H,24,26)/t16-/m0/s1. The van der Waals surface area contributed by atoms with E-state index in [9.17, 15) is 9.18 Å². The number of nitrogens with one attached hydrogen (secondary N) is 1. The summed E-state index contributed by atoms with van der Waals surface area (Å²) in [4.78, 5) is 16.8. The topological polar surface area (TPSA) is 56.1 Å². The maximum Gasteiger partial charge on any atom is 0.226 e. The van der Waals surface area contributed by atoms with Crippen molar-refractivity contribution in [3.05, 3.63) is 71.9 Å². The van der Waals surface area contributed by atoms with Crippen LogP contribution in [-0.4, -0.2) is 22.1 Å². The Kier molecular flexibility index (Phi) is 4.35. The van der Waals surface area contributed by atoms with E-state index in [-0.39, 0.29) is 30.7 Å². The molecule has 134 valence electrons. The number of anilines is 1. The molecular formula is C21H16FN3O2. The number of terminal acetylenes is 1. The summed E-state index contributed by atoms with van der Waals surface area (Å²) in [6, 6.07) is 13.8. The van der Waals surface area contributed by atoms with Crippen LogP contribution in [0.3, 0.4) is 0 Å². The van der Waals surface area contributed by atoms with Crippen molar-refractivity contribution in [1.29, 1.82) is 0 Å². The van der Waals surface area contributed by atoms with Gasteiger partial charge in [-0.25, -0.2) is 9.37 Å². The summed E-state index contributed by atoms with van der Waals surface area (Å²) < 4.78 is 21.2. The number of imidazole rings is 1. The van der Waals surface area contributed by atoms with Gasteiger partial charge in [-0.05, 0) is 29.8 Å². The van der Waals surface area contributed by atoms with Crippen LogP contribution in [0.15, 0.2) is 54.9 Å². The number of nitrogens with zero attached hydrogens (tertiary/aromatic N) is 2. The Morgan fingerprint density at radius 2 is 2.04 bits per heavy atom. The van der Waals surface area contributed by atoms with Gasteiger partial charge in [0, 0.05) is 12.3 Å². The lowest BCUT2D eigenvalue weighted by molar-refractivity contribution is -0.116. The second kappa shape index (κ2) is 6.96. The predicted octanol–water partition coefficient (Wildman–Crippen LogP) is 3.50. The largest absolute Gasteiger partial charge is 0.481 e. The predicted molar refractivity (Wildman–Crippen MR) is 99.4 cm³/mol. The van der Waals surface area contributed by atoms with Gasteiger partial charge in [0.2, 0.25) is 5.91 Å². The van der Waals surface area contributed by atoms with E-state index in [0.29, 0.717) is 22.9 Å². The number of halogens is 1. The Morgan fingerprint density at radius 3 is 2.78 bits per heavy atom. The van der Waals surface area contributed by atoms with E-state index in [4.69, 9.17) is 11.2 Å². The molecule has 0 aliphatic carbocycles. The first-order chi connectivity index (χ1) is 13.2. The van der Waals surface area contributed by atoms with Crippen molar-refractivity contribution >= 4 is 11.7 Å². The van der Waals surface area contributed by atoms with Crippen LogP contribution in [0.1, 0.15) is 23.6 Å². The quantitative estimate of drug-likeness (QED) is 0.724. The Bertz CT molecular complexity index is 1030. The zero-order valence-corrected chi connectivity index (χ0v) is 14.4. The Hall–Kier alpha value is -3.59. The van der Waals surface area contributed by atoms with E-state index in [2.05, 4.69) is 16.2 Å². The molecular weight excluding hydrogens is 345 g/mol. The van der Waals surface area contributed by atoms with E-state index in [1.54, 1.807) is 22.8 Å². The van der Waals surface area contributed by atoms with Gasteiger partial charge in [-0.15, -0.1) is 6.42 Å². The van der Waals surface area contributed by atoms with Gasteiger partial charge in [0.25, 0.3) is 0 Å². The monoisotopic (exact) mass is 361 g/mol. The van der Waals surface area contributed by atoms with E-state index < -0.39 is 0 Å². The van der Waals surface area contributed by atoms with Crippen molar-refractivity contribution in [1.82, 2.24) is 9.55 Å². The molecule has 0 bridgehead atoms. The zero-order valence-electron chi connectivity index (χ0n) is 14.4. The molecule has 0 saturated carbocycles. The minimum atomic E-state index is -0.385. The SMILES string of the molecule is C#CCOc1ccc([C@@H]2CC(=O)Nc3c2ncn3-c2ccccc2F)cc1. The molecule has 0 spiro atoms. The Balaban J connectivity index is 1.71. The summed E-state index contributed by atoms with van der Waals surface area (Å²) in [5.74, 6) is 2.83. The highest BCUT2D eigenvalue weighted by Crippen LogP contribution is 2.38. The third-order valence-corrected chi connectivity index (χ3v) is 4.49. The lowest BCUT2D eigenvalue weighted by Gasteiger charge is -2.23. The highest BCUT2D eigenvalue weighted by molar-refractivity contribution is 5.94. The molecule has 5 nitrogen and oxygen atoms in total. The molecule has 4 rings (SSSR count). The molecule has 3 aromatic rings. The number of ether oxygens (including phenoxy) is 1. The van der Waals surface area contributed by atoms with Gasteiger partial charge in [0.1, 0.15) is 30.3 Å². The molecule has 0 saturated heterocycles. The molecule has 0 fully saturated rings. The summed E-state index contributed by atoms with van der Waals surface area (Å²) in [5.41, 5.74) is 1.97. The fraction of sp³-hybridized carbons (Fsp3) is 0.143. The Morgan fingerprint density at radius 1 is 1.26 bits per heavy atom. The maximum atomic E-state index is 14.2. The van der Waals surface area contributed by atoms with E-state index in [0.717, 1.165) is 5.56 Å². The average molecular weight is 361 g/mol. The van der Waals surface area contributed by atoms with Gasteiger partial charge >= 0.3 is 0 Å². The molecule has 0 radical (unpaired) electrons. The van der Waals surface area contributed by atoms with Gasteiger partial charge in [-0.1, -0.05) is 30.2 Å². The second-order valence-electron chi connectivity index (χ2n) is 6.17. The van der Waals surface area contributed by atoms with Crippen LogP contribution in [0.4, 0.5) is 10.2 Å². The zero-order chi connectivity index (χ0) is 18.8. The van der Waals surface area contributed by atoms with Crippen LogP contribution in [-0.2, 0) is 4.79 Å². The van der Waals surface area contributed by atoms with E-state index in [1.807, 2.05) is 24.3 Å². The maximum absolute atomic E-state index is 14.2. The first-order valence-corrected chi connectivity index (χ1v) is 8.45. The summed E-state index contributed by atoms with van der Waals surface area (Å²) in [6.45, 7) is 0.197. The normalized spacial score (nSPS) is 15.6. The highest BCUT2D eigenvalue weighted by Gasteiger charge is 2.31. The van der Waals surface area contributed by atoms with Crippen LogP contribution in [0.2, 0.25) is 0 Å². The molecule has 27 heavy (non-hydrogen) atoms. The number of para-hydroxylation sites is 1. The minimum Gasteiger partial charge on any atom is -0.481 e. The van der Waals surface area contributed by atoms with Crippen LogP contribution < -0.4 is 10.1 Å². The number of carbonyl (C=O) groups is 1. The summed E-state index contributed by atoms with van der Waals surface area (Å²) in [5, 5.41) is 2.82. The van der Waals surface area contributed by atoms with Crippen molar-refractivity contribution < 1.29 is 13.9 Å². The first-order valence-electron chi connectivity index (χ1n) is 8.45. The first kappa shape index (κ1) is 16.9.